The number of fused-ring (bicyclic) bond motifs is 2. The second kappa shape index (κ2) is 6.55. The minimum absolute atomic E-state index is 0.0237. The fourth-order valence-corrected chi connectivity index (χ4v) is 4.81. The fraction of sp³-hybridized carbons (Fsp3) is 0.636. The van der Waals surface area contributed by atoms with E-state index in [9.17, 15) is 9.59 Å². The summed E-state index contributed by atoms with van der Waals surface area (Å²) in [5.74, 6) is 0.0846. The third-order valence-electron chi connectivity index (χ3n) is 7.67. The third-order valence-corrected chi connectivity index (χ3v) is 7.67. The van der Waals surface area contributed by atoms with Crippen LogP contribution in [-0.2, 0) is 29.0 Å². The number of nitrogens with one attached hydrogen (secondary N) is 1. The molecule has 4 aliphatic rings. The molecule has 0 aromatic heterocycles. The number of hydrogen-bond donors (Lipinski definition) is 1. The van der Waals surface area contributed by atoms with Gasteiger partial charge in [0.15, 0.2) is 0 Å². The molecule has 1 aromatic carbocycles. The predicted molar refractivity (Wildman–Crippen MR) is 113 cm³/mol. The lowest BCUT2D eigenvalue weighted by molar-refractivity contribution is -0.158. The number of hydrogen-bond acceptors (Lipinski definition) is 5. The van der Waals surface area contributed by atoms with Crippen LogP contribution in [0.3, 0.4) is 0 Å². The molecule has 0 aliphatic carbocycles. The van der Waals surface area contributed by atoms with E-state index in [1.54, 1.807) is 0 Å². The number of nitrogens with zero attached hydrogens (tertiary/aromatic N) is 1. The Hall–Kier alpha value is -1.90. The van der Waals surface area contributed by atoms with Gasteiger partial charge in [-0.2, -0.15) is 0 Å². The quantitative estimate of drug-likeness (QED) is 0.747. The van der Waals surface area contributed by atoms with Crippen molar-refractivity contribution in [3.8, 4) is 0 Å². The normalized spacial score (nSPS) is 28.3. The summed E-state index contributed by atoms with van der Waals surface area (Å²) in [7, 11) is -0.462. The maximum absolute atomic E-state index is 13.0. The number of carbonyl (C=O) groups excluding carboxylic acids is 2. The number of rotatable bonds is 2. The molecular weight excluding hydrogens is 383 g/mol. The highest BCUT2D eigenvalue weighted by Gasteiger charge is 2.53. The van der Waals surface area contributed by atoms with Crippen molar-refractivity contribution < 1.29 is 23.6 Å². The number of ether oxygens (including phenoxy) is 1. The number of carbonyl (C=O) groups is 2. The maximum atomic E-state index is 13.0. The van der Waals surface area contributed by atoms with Gasteiger partial charge in [-0.3, -0.25) is 9.59 Å². The van der Waals surface area contributed by atoms with Gasteiger partial charge in [0.1, 0.15) is 6.10 Å². The molecule has 8 heteroatoms. The Bertz CT molecular complexity index is 887. The molecule has 4 aliphatic heterocycles. The molecule has 3 saturated heterocycles. The highest BCUT2D eigenvalue weighted by Crippen LogP contribution is 2.45. The summed E-state index contributed by atoms with van der Waals surface area (Å²) >= 11 is 0. The number of benzene rings is 1. The lowest BCUT2D eigenvalue weighted by atomic mass is 9.71. The van der Waals surface area contributed by atoms with Crippen LogP contribution in [-0.4, -0.2) is 60.8 Å². The van der Waals surface area contributed by atoms with Gasteiger partial charge in [-0.25, -0.2) is 0 Å². The summed E-state index contributed by atoms with van der Waals surface area (Å²) in [4.78, 5) is 27.3. The zero-order valence-corrected chi connectivity index (χ0v) is 18.1. The smallest absolute Gasteiger partial charge is 0.399 e. The van der Waals surface area contributed by atoms with E-state index in [1.165, 1.54) is 0 Å². The standard InChI is InChI=1S/C22H29BN2O5/c1-20(2)21(3,4)30-23(29-20)14-5-6-15-16(13-14)24-19(27)22(15)8-10-25(11-9-22)18(26)17-7-12-28-17/h5-6,13,17H,7-12H2,1-4H3,(H,24,27). The monoisotopic (exact) mass is 412 g/mol. The van der Waals surface area contributed by atoms with Crippen molar-refractivity contribution in [2.75, 3.05) is 25.0 Å². The molecule has 0 saturated carbocycles. The van der Waals surface area contributed by atoms with E-state index < -0.39 is 23.7 Å². The average molecular weight is 412 g/mol. The maximum Gasteiger partial charge on any atom is 0.494 e. The molecule has 1 aromatic rings. The number of piperidine rings is 1. The summed E-state index contributed by atoms with van der Waals surface area (Å²) in [5.41, 5.74) is 1.35. The Labute approximate surface area is 177 Å². The van der Waals surface area contributed by atoms with Gasteiger partial charge < -0.3 is 24.3 Å². The SMILES string of the molecule is CC1(C)OB(c2ccc3c(c2)NC(=O)C32CCN(C(=O)C3CCO3)CC2)OC1(C)C. The van der Waals surface area contributed by atoms with Crippen LogP contribution in [0.4, 0.5) is 5.69 Å². The lowest BCUT2D eigenvalue weighted by Gasteiger charge is -2.40. The molecule has 7 nitrogen and oxygen atoms in total. The second-order valence-electron chi connectivity index (χ2n) is 9.90. The van der Waals surface area contributed by atoms with Gasteiger partial charge in [0.2, 0.25) is 5.91 Å². The van der Waals surface area contributed by atoms with Crippen LogP contribution >= 0.6 is 0 Å². The van der Waals surface area contributed by atoms with Gasteiger partial charge >= 0.3 is 7.12 Å². The Kier molecular flexibility index (Phi) is 4.37. The predicted octanol–water partition coefficient (Wildman–Crippen LogP) is 1.59. The summed E-state index contributed by atoms with van der Waals surface area (Å²) in [6.07, 6.45) is 1.76. The molecule has 1 N–H and O–H groups in total. The highest BCUT2D eigenvalue weighted by molar-refractivity contribution is 6.62. The highest BCUT2D eigenvalue weighted by atomic mass is 16.7. The van der Waals surface area contributed by atoms with Crippen molar-refractivity contribution in [1.29, 1.82) is 0 Å². The van der Waals surface area contributed by atoms with Crippen molar-refractivity contribution in [3.05, 3.63) is 23.8 Å². The van der Waals surface area contributed by atoms with Crippen LogP contribution in [0.15, 0.2) is 18.2 Å². The summed E-state index contributed by atoms with van der Waals surface area (Å²) in [5, 5.41) is 3.07. The van der Waals surface area contributed by atoms with Crippen LogP contribution in [0.2, 0.25) is 0 Å². The van der Waals surface area contributed by atoms with E-state index in [0.717, 1.165) is 23.1 Å². The van der Waals surface area contributed by atoms with E-state index in [1.807, 2.05) is 50.8 Å². The molecule has 30 heavy (non-hydrogen) atoms. The Morgan fingerprint density at radius 2 is 1.77 bits per heavy atom. The average Bonchev–Trinajstić information content (AvgIpc) is 3.03. The van der Waals surface area contributed by atoms with Crippen LogP contribution in [0, 0.1) is 0 Å². The molecule has 160 valence electrons. The molecule has 2 amide bonds. The first-order valence-electron chi connectivity index (χ1n) is 10.8. The van der Waals surface area contributed by atoms with E-state index in [-0.39, 0.29) is 17.9 Å². The van der Waals surface area contributed by atoms with Crippen molar-refractivity contribution >= 4 is 30.1 Å². The minimum Gasteiger partial charge on any atom is -0.399 e. The second-order valence-corrected chi connectivity index (χ2v) is 9.90. The van der Waals surface area contributed by atoms with Gasteiger partial charge in [-0.1, -0.05) is 12.1 Å². The molecule has 0 radical (unpaired) electrons. The Morgan fingerprint density at radius 1 is 1.13 bits per heavy atom. The Morgan fingerprint density at radius 3 is 2.33 bits per heavy atom. The topological polar surface area (TPSA) is 77.1 Å². The molecule has 3 fully saturated rings. The van der Waals surface area contributed by atoms with E-state index in [0.29, 0.717) is 32.5 Å². The van der Waals surface area contributed by atoms with Crippen molar-refractivity contribution in [3.63, 3.8) is 0 Å². The van der Waals surface area contributed by atoms with Gasteiger partial charge in [0.25, 0.3) is 5.91 Å². The summed E-state index contributed by atoms with van der Waals surface area (Å²) in [6, 6.07) is 6.01. The van der Waals surface area contributed by atoms with Gasteiger partial charge in [-0.15, -0.1) is 0 Å². The van der Waals surface area contributed by atoms with E-state index >= 15 is 0 Å². The van der Waals surface area contributed by atoms with Gasteiger partial charge in [-0.05, 0) is 57.6 Å². The van der Waals surface area contributed by atoms with E-state index in [4.69, 9.17) is 14.0 Å². The van der Waals surface area contributed by atoms with Gasteiger partial charge in [0.05, 0.1) is 23.2 Å². The number of anilines is 1. The van der Waals surface area contributed by atoms with Gasteiger partial charge in [0, 0.05) is 25.2 Å². The summed E-state index contributed by atoms with van der Waals surface area (Å²) < 4.78 is 17.7. The van der Waals surface area contributed by atoms with Crippen molar-refractivity contribution in [2.45, 2.75) is 69.7 Å². The first-order chi connectivity index (χ1) is 14.1. The first-order valence-corrected chi connectivity index (χ1v) is 10.8. The third kappa shape index (κ3) is 2.84. The Balaban J connectivity index is 1.35. The fourth-order valence-electron chi connectivity index (χ4n) is 4.81. The van der Waals surface area contributed by atoms with Crippen molar-refractivity contribution in [1.82, 2.24) is 4.90 Å². The molecule has 4 heterocycles. The van der Waals surface area contributed by atoms with Crippen molar-refractivity contribution in [2.24, 2.45) is 0 Å². The molecular formula is C22H29BN2O5. The van der Waals surface area contributed by atoms with Crippen LogP contribution in [0.5, 0.6) is 0 Å². The molecule has 1 atom stereocenters. The number of likely N-dealkylation sites (tertiary alicyclic amines) is 1. The van der Waals surface area contributed by atoms with Crippen LogP contribution in [0.1, 0.15) is 52.5 Å². The molecule has 1 spiro atoms. The van der Waals surface area contributed by atoms with Crippen LogP contribution < -0.4 is 10.8 Å². The van der Waals surface area contributed by atoms with E-state index in [2.05, 4.69) is 5.32 Å². The molecule has 5 rings (SSSR count). The minimum atomic E-state index is -0.568. The number of amides is 2. The first kappa shape index (κ1) is 20.0. The molecule has 1 unspecified atom stereocenters. The summed E-state index contributed by atoms with van der Waals surface area (Å²) in [6.45, 7) is 9.92. The van der Waals surface area contributed by atoms with Crippen LogP contribution in [0.25, 0.3) is 0 Å². The lowest BCUT2D eigenvalue weighted by Crippen LogP contribution is -2.52. The zero-order valence-electron chi connectivity index (χ0n) is 18.1. The largest absolute Gasteiger partial charge is 0.494 e. The zero-order chi connectivity index (χ0) is 21.3. The molecule has 0 bridgehead atoms.